The Bertz CT molecular complexity index is 599. The van der Waals surface area contributed by atoms with E-state index in [1.54, 1.807) is 0 Å². The third-order valence-electron chi connectivity index (χ3n) is 2.53. The second-order valence-electron chi connectivity index (χ2n) is 3.63. The highest BCUT2D eigenvalue weighted by Crippen LogP contribution is 2.23. The third-order valence-corrected chi connectivity index (χ3v) is 2.53. The molecule has 0 aliphatic carbocycles. The molecule has 1 heterocycles. The fourth-order valence-electron chi connectivity index (χ4n) is 1.75. The van der Waals surface area contributed by atoms with Crippen LogP contribution in [0.3, 0.4) is 0 Å². The average molecular weight is 209 g/mol. The first kappa shape index (κ1) is 8.97. The van der Waals surface area contributed by atoms with Crippen molar-refractivity contribution in [3.63, 3.8) is 0 Å². The van der Waals surface area contributed by atoms with E-state index in [1.165, 1.54) is 0 Å². The van der Waals surface area contributed by atoms with E-state index in [2.05, 4.69) is 15.5 Å². The molecule has 0 aliphatic heterocycles. The Balaban J connectivity index is 2.04. The molecule has 3 heteroatoms. The molecule has 1 aromatic heterocycles. The van der Waals surface area contributed by atoms with Gasteiger partial charge >= 0.3 is 0 Å². The number of aromatic amines is 1. The van der Waals surface area contributed by atoms with Gasteiger partial charge in [-0.1, -0.05) is 30.3 Å². The first-order chi connectivity index (χ1) is 7.93. The summed E-state index contributed by atoms with van der Waals surface area (Å²) in [5.74, 6) is 0. The van der Waals surface area contributed by atoms with E-state index in [0.29, 0.717) is 0 Å². The van der Waals surface area contributed by atoms with Gasteiger partial charge in [-0.05, 0) is 18.2 Å². The summed E-state index contributed by atoms with van der Waals surface area (Å²) in [5.41, 5.74) is 3.15. The second kappa shape index (κ2) is 3.70. The standard InChI is InChI=1S/C13H11N3/c1-2-6-11(7-3-1)15-12-8-4-5-10-9-14-16-13(10)12/h1-9,15H,(H,14,16). The zero-order valence-corrected chi connectivity index (χ0v) is 8.64. The molecule has 2 aromatic carbocycles. The summed E-state index contributed by atoms with van der Waals surface area (Å²) in [5, 5.41) is 11.5. The Labute approximate surface area is 93.1 Å². The third kappa shape index (κ3) is 1.52. The van der Waals surface area contributed by atoms with E-state index in [-0.39, 0.29) is 0 Å². The fraction of sp³-hybridized carbons (Fsp3) is 0. The maximum atomic E-state index is 4.04. The van der Waals surface area contributed by atoms with E-state index in [4.69, 9.17) is 0 Å². The van der Waals surface area contributed by atoms with Crippen LogP contribution in [0.25, 0.3) is 10.9 Å². The molecule has 0 saturated carbocycles. The molecule has 0 unspecified atom stereocenters. The Morgan fingerprint density at radius 2 is 1.81 bits per heavy atom. The number of nitrogens with zero attached hydrogens (tertiary/aromatic N) is 1. The van der Waals surface area contributed by atoms with Gasteiger partial charge in [-0.15, -0.1) is 0 Å². The van der Waals surface area contributed by atoms with Crippen molar-refractivity contribution in [3.8, 4) is 0 Å². The molecule has 0 radical (unpaired) electrons. The summed E-state index contributed by atoms with van der Waals surface area (Å²) in [6.07, 6.45) is 1.82. The van der Waals surface area contributed by atoms with E-state index in [1.807, 2.05) is 54.7 Å². The molecular formula is C13H11N3. The number of fused-ring (bicyclic) bond motifs is 1. The first-order valence-electron chi connectivity index (χ1n) is 5.18. The van der Waals surface area contributed by atoms with Crippen LogP contribution in [0.2, 0.25) is 0 Å². The summed E-state index contributed by atoms with van der Waals surface area (Å²) in [6.45, 7) is 0. The van der Waals surface area contributed by atoms with Gasteiger partial charge < -0.3 is 5.32 Å². The van der Waals surface area contributed by atoms with Gasteiger partial charge in [0.1, 0.15) is 0 Å². The van der Waals surface area contributed by atoms with Crippen LogP contribution in [0.5, 0.6) is 0 Å². The normalized spacial score (nSPS) is 10.5. The first-order valence-corrected chi connectivity index (χ1v) is 5.18. The van der Waals surface area contributed by atoms with Crippen molar-refractivity contribution in [3.05, 3.63) is 54.7 Å². The Morgan fingerprint density at radius 3 is 2.69 bits per heavy atom. The van der Waals surface area contributed by atoms with Crippen molar-refractivity contribution < 1.29 is 0 Å². The average Bonchev–Trinajstić information content (AvgIpc) is 2.80. The molecule has 2 N–H and O–H groups in total. The lowest BCUT2D eigenvalue weighted by molar-refractivity contribution is 1.12. The molecule has 0 fully saturated rings. The van der Waals surface area contributed by atoms with Crippen molar-refractivity contribution >= 4 is 22.3 Å². The Hall–Kier alpha value is -2.29. The Morgan fingerprint density at radius 1 is 0.938 bits per heavy atom. The minimum atomic E-state index is 1.03. The summed E-state index contributed by atoms with van der Waals surface area (Å²) < 4.78 is 0. The summed E-state index contributed by atoms with van der Waals surface area (Å²) in [7, 11) is 0. The van der Waals surface area contributed by atoms with Crippen molar-refractivity contribution in [1.29, 1.82) is 0 Å². The number of para-hydroxylation sites is 2. The van der Waals surface area contributed by atoms with Crippen molar-refractivity contribution in [1.82, 2.24) is 10.2 Å². The van der Waals surface area contributed by atoms with Gasteiger partial charge in [-0.3, -0.25) is 5.10 Å². The predicted molar refractivity (Wildman–Crippen MR) is 65.8 cm³/mol. The maximum absolute atomic E-state index is 4.04. The molecule has 78 valence electrons. The van der Waals surface area contributed by atoms with Crippen LogP contribution in [0.1, 0.15) is 0 Å². The van der Waals surface area contributed by atoms with E-state index in [0.717, 1.165) is 22.3 Å². The molecule has 0 spiro atoms. The van der Waals surface area contributed by atoms with Crippen molar-refractivity contribution in [2.45, 2.75) is 0 Å². The molecular weight excluding hydrogens is 198 g/mol. The zero-order valence-electron chi connectivity index (χ0n) is 8.64. The van der Waals surface area contributed by atoms with E-state index < -0.39 is 0 Å². The van der Waals surface area contributed by atoms with Gasteiger partial charge in [-0.2, -0.15) is 5.10 Å². The number of nitrogens with one attached hydrogen (secondary N) is 2. The summed E-state index contributed by atoms with van der Waals surface area (Å²) in [6, 6.07) is 16.2. The molecule has 16 heavy (non-hydrogen) atoms. The van der Waals surface area contributed by atoms with Crippen molar-refractivity contribution in [2.24, 2.45) is 0 Å². The largest absolute Gasteiger partial charge is 0.354 e. The van der Waals surface area contributed by atoms with Crippen LogP contribution in [0, 0.1) is 0 Å². The predicted octanol–water partition coefficient (Wildman–Crippen LogP) is 3.31. The minimum absolute atomic E-state index is 1.03. The monoisotopic (exact) mass is 209 g/mol. The number of hydrogen-bond acceptors (Lipinski definition) is 2. The van der Waals surface area contributed by atoms with Gasteiger partial charge in [-0.25, -0.2) is 0 Å². The fourth-order valence-corrected chi connectivity index (χ4v) is 1.75. The highest BCUT2D eigenvalue weighted by Gasteiger charge is 2.01. The quantitative estimate of drug-likeness (QED) is 0.679. The van der Waals surface area contributed by atoms with Gasteiger partial charge in [0.2, 0.25) is 0 Å². The lowest BCUT2D eigenvalue weighted by atomic mass is 10.2. The number of aromatic nitrogens is 2. The zero-order chi connectivity index (χ0) is 10.8. The number of benzene rings is 2. The van der Waals surface area contributed by atoms with Gasteiger partial charge in [0.25, 0.3) is 0 Å². The number of rotatable bonds is 2. The van der Waals surface area contributed by atoms with Gasteiger partial charge in [0.05, 0.1) is 17.4 Å². The number of hydrogen-bond donors (Lipinski definition) is 2. The number of H-pyrrole nitrogens is 1. The summed E-state index contributed by atoms with van der Waals surface area (Å²) >= 11 is 0. The minimum Gasteiger partial charge on any atom is -0.354 e. The highest BCUT2D eigenvalue weighted by atomic mass is 15.1. The van der Waals surface area contributed by atoms with Crippen molar-refractivity contribution in [2.75, 3.05) is 5.32 Å². The molecule has 0 atom stereocenters. The molecule has 0 amide bonds. The highest BCUT2D eigenvalue weighted by molar-refractivity contribution is 5.91. The SMILES string of the molecule is c1ccc(Nc2cccc3cn[nH]c23)cc1. The molecule has 0 saturated heterocycles. The molecule has 3 aromatic rings. The second-order valence-corrected chi connectivity index (χ2v) is 3.63. The lowest BCUT2D eigenvalue weighted by Gasteiger charge is -2.06. The lowest BCUT2D eigenvalue weighted by Crippen LogP contribution is -1.90. The smallest absolute Gasteiger partial charge is 0.0885 e. The van der Waals surface area contributed by atoms with Gasteiger partial charge in [0.15, 0.2) is 0 Å². The van der Waals surface area contributed by atoms with E-state index >= 15 is 0 Å². The molecule has 3 nitrogen and oxygen atoms in total. The van der Waals surface area contributed by atoms with Crippen LogP contribution >= 0.6 is 0 Å². The van der Waals surface area contributed by atoms with Gasteiger partial charge in [0, 0.05) is 11.1 Å². The number of anilines is 2. The molecule has 3 rings (SSSR count). The summed E-state index contributed by atoms with van der Waals surface area (Å²) in [4.78, 5) is 0. The van der Waals surface area contributed by atoms with Crippen LogP contribution in [0.15, 0.2) is 54.7 Å². The van der Waals surface area contributed by atoms with Crippen LogP contribution in [-0.4, -0.2) is 10.2 Å². The van der Waals surface area contributed by atoms with Crippen LogP contribution < -0.4 is 5.32 Å². The van der Waals surface area contributed by atoms with Crippen LogP contribution in [0.4, 0.5) is 11.4 Å². The van der Waals surface area contributed by atoms with E-state index in [9.17, 15) is 0 Å². The molecule has 0 bridgehead atoms. The Kier molecular flexibility index (Phi) is 2.07. The maximum Gasteiger partial charge on any atom is 0.0885 e. The van der Waals surface area contributed by atoms with Crippen LogP contribution in [-0.2, 0) is 0 Å². The topological polar surface area (TPSA) is 40.7 Å². The molecule has 0 aliphatic rings.